The predicted molar refractivity (Wildman–Crippen MR) is 134 cm³/mol. The molecule has 1 N–H and O–H groups in total. The first kappa shape index (κ1) is 26.5. The van der Waals surface area contributed by atoms with Crippen LogP contribution in [0.2, 0.25) is 10.0 Å². The molecule has 0 aromatic heterocycles. The van der Waals surface area contributed by atoms with E-state index in [-0.39, 0.29) is 25.0 Å². The number of carbonyl (C=O) groups excluding carboxylic acids is 2. The summed E-state index contributed by atoms with van der Waals surface area (Å²) in [6.45, 7) is 8.44. The Morgan fingerprint density at radius 1 is 1.09 bits per heavy atom. The zero-order chi connectivity index (χ0) is 23.8. The van der Waals surface area contributed by atoms with E-state index in [1.54, 1.807) is 25.1 Å². The van der Waals surface area contributed by atoms with Gasteiger partial charge in [0.2, 0.25) is 5.91 Å². The maximum Gasteiger partial charge on any atom is 0.261 e. The highest BCUT2D eigenvalue weighted by Crippen LogP contribution is 2.29. The number of amides is 2. The van der Waals surface area contributed by atoms with Crippen LogP contribution in [0.1, 0.15) is 51.2 Å². The Morgan fingerprint density at radius 3 is 2.41 bits per heavy atom. The zero-order valence-corrected chi connectivity index (χ0v) is 21.9. The summed E-state index contributed by atoms with van der Waals surface area (Å²) in [5.41, 5.74) is 1.93. The van der Waals surface area contributed by atoms with Gasteiger partial charge in [-0.05, 0) is 70.6 Å². The quantitative estimate of drug-likeness (QED) is 0.388. The number of nitrogens with one attached hydrogen (secondary N) is 1. The molecule has 0 spiro atoms. The van der Waals surface area contributed by atoms with Crippen molar-refractivity contribution in [1.29, 1.82) is 0 Å². The van der Waals surface area contributed by atoms with E-state index >= 15 is 0 Å². The summed E-state index contributed by atoms with van der Waals surface area (Å²) >= 11 is 15.7. The van der Waals surface area contributed by atoms with Crippen LogP contribution in [0.3, 0.4) is 0 Å². The van der Waals surface area contributed by atoms with Gasteiger partial charge in [0.25, 0.3) is 5.91 Å². The lowest BCUT2D eigenvalue weighted by Crippen LogP contribution is -2.49. The summed E-state index contributed by atoms with van der Waals surface area (Å²) in [7, 11) is 0. The van der Waals surface area contributed by atoms with Crippen molar-refractivity contribution < 1.29 is 14.3 Å². The molecular formula is C24H29BrCl2N2O3. The van der Waals surface area contributed by atoms with Gasteiger partial charge < -0.3 is 15.0 Å². The van der Waals surface area contributed by atoms with Gasteiger partial charge in [-0.3, -0.25) is 9.59 Å². The molecule has 2 amide bonds. The minimum Gasteiger partial charge on any atom is -0.483 e. The van der Waals surface area contributed by atoms with Gasteiger partial charge in [-0.15, -0.1) is 0 Å². The Hall–Kier alpha value is -1.76. The minimum absolute atomic E-state index is 0.202. The van der Waals surface area contributed by atoms with Gasteiger partial charge in [-0.25, -0.2) is 0 Å². The van der Waals surface area contributed by atoms with Crippen molar-refractivity contribution in [2.75, 3.05) is 13.2 Å². The molecule has 5 nitrogen and oxygen atoms in total. The lowest BCUT2D eigenvalue weighted by atomic mass is 10.0. The fourth-order valence-electron chi connectivity index (χ4n) is 3.03. The van der Waals surface area contributed by atoms with Gasteiger partial charge in [-0.1, -0.05) is 56.1 Å². The van der Waals surface area contributed by atoms with Crippen LogP contribution in [0, 0.1) is 0 Å². The number of ether oxygens (including phenoxy) is 1. The first-order valence-corrected chi connectivity index (χ1v) is 12.1. The highest BCUT2D eigenvalue weighted by Gasteiger charge is 2.26. The molecule has 2 aromatic rings. The van der Waals surface area contributed by atoms with E-state index < -0.39 is 6.04 Å². The van der Waals surface area contributed by atoms with Gasteiger partial charge in [0.05, 0.1) is 14.5 Å². The monoisotopic (exact) mass is 542 g/mol. The normalized spacial score (nSPS) is 11.9. The lowest BCUT2D eigenvalue weighted by Gasteiger charge is -2.29. The van der Waals surface area contributed by atoms with Gasteiger partial charge in [0.15, 0.2) is 6.61 Å². The number of benzene rings is 2. The third kappa shape index (κ3) is 7.39. The van der Waals surface area contributed by atoms with E-state index in [9.17, 15) is 9.59 Å². The SMILES string of the molecule is CCCNC(=O)[C@@H](C)N(Cc1ccc(Cl)c(Cl)c1)C(=O)COc1ccc(C(C)C)cc1Br. The molecule has 0 unspecified atom stereocenters. The molecule has 0 heterocycles. The van der Waals surface area contributed by atoms with Gasteiger partial charge in [-0.2, -0.15) is 0 Å². The molecule has 1 atom stereocenters. The van der Waals surface area contributed by atoms with Crippen molar-refractivity contribution in [3.8, 4) is 5.75 Å². The number of carbonyl (C=O) groups is 2. The fourth-order valence-corrected chi connectivity index (χ4v) is 3.86. The van der Waals surface area contributed by atoms with E-state index in [1.165, 1.54) is 4.90 Å². The van der Waals surface area contributed by atoms with E-state index in [0.717, 1.165) is 22.0 Å². The largest absolute Gasteiger partial charge is 0.483 e. The van der Waals surface area contributed by atoms with Crippen molar-refractivity contribution in [3.63, 3.8) is 0 Å². The first-order valence-electron chi connectivity index (χ1n) is 10.6. The Bertz CT molecular complexity index is 953. The molecule has 174 valence electrons. The highest BCUT2D eigenvalue weighted by molar-refractivity contribution is 9.10. The zero-order valence-electron chi connectivity index (χ0n) is 18.8. The lowest BCUT2D eigenvalue weighted by molar-refractivity contribution is -0.142. The fraction of sp³-hybridized carbons (Fsp3) is 0.417. The maximum absolute atomic E-state index is 13.1. The predicted octanol–water partition coefficient (Wildman–Crippen LogP) is 6.20. The maximum atomic E-state index is 13.1. The molecule has 0 aliphatic rings. The molecule has 0 saturated heterocycles. The van der Waals surface area contributed by atoms with Crippen molar-refractivity contribution in [1.82, 2.24) is 10.2 Å². The van der Waals surface area contributed by atoms with Crippen LogP contribution < -0.4 is 10.1 Å². The number of nitrogens with zero attached hydrogens (tertiary/aromatic N) is 1. The van der Waals surface area contributed by atoms with Crippen molar-refractivity contribution in [2.24, 2.45) is 0 Å². The third-order valence-electron chi connectivity index (χ3n) is 5.03. The standard InChI is InChI=1S/C24H29BrCl2N2O3/c1-5-10-28-24(31)16(4)29(13-17-6-8-20(26)21(27)11-17)23(30)14-32-22-9-7-18(15(2)3)12-19(22)25/h6-9,11-12,15-16H,5,10,13-14H2,1-4H3,(H,28,31)/t16-/m1/s1. The molecule has 0 aliphatic carbocycles. The third-order valence-corrected chi connectivity index (χ3v) is 6.39. The summed E-state index contributed by atoms with van der Waals surface area (Å²) in [5.74, 6) is 0.421. The number of hydrogen-bond acceptors (Lipinski definition) is 3. The molecular weight excluding hydrogens is 515 g/mol. The molecule has 0 aliphatic heterocycles. The van der Waals surface area contributed by atoms with Crippen molar-refractivity contribution >= 4 is 50.9 Å². The van der Waals surface area contributed by atoms with E-state index in [4.69, 9.17) is 27.9 Å². The molecule has 0 bridgehead atoms. The Labute approximate surface area is 208 Å². The summed E-state index contributed by atoms with van der Waals surface area (Å²) in [6.07, 6.45) is 0.808. The summed E-state index contributed by atoms with van der Waals surface area (Å²) in [4.78, 5) is 27.2. The first-order chi connectivity index (χ1) is 15.1. The van der Waals surface area contributed by atoms with Gasteiger partial charge >= 0.3 is 0 Å². The topological polar surface area (TPSA) is 58.6 Å². The van der Waals surface area contributed by atoms with Crippen LogP contribution in [0.4, 0.5) is 0 Å². The highest BCUT2D eigenvalue weighted by atomic mass is 79.9. The second-order valence-electron chi connectivity index (χ2n) is 7.87. The molecule has 0 radical (unpaired) electrons. The van der Waals surface area contributed by atoms with E-state index in [0.29, 0.717) is 28.3 Å². The smallest absolute Gasteiger partial charge is 0.261 e. The molecule has 0 saturated carbocycles. The molecule has 2 aromatic carbocycles. The number of halogens is 3. The second-order valence-corrected chi connectivity index (χ2v) is 9.54. The molecule has 8 heteroatoms. The molecule has 32 heavy (non-hydrogen) atoms. The van der Waals surface area contributed by atoms with Crippen molar-refractivity contribution in [3.05, 3.63) is 62.0 Å². The molecule has 2 rings (SSSR count). The van der Waals surface area contributed by atoms with Crippen LogP contribution in [0.5, 0.6) is 5.75 Å². The van der Waals surface area contributed by atoms with Gasteiger partial charge in [0, 0.05) is 13.1 Å². The summed E-state index contributed by atoms with van der Waals surface area (Å²) in [6, 6.07) is 10.3. The van der Waals surface area contributed by atoms with Gasteiger partial charge in [0.1, 0.15) is 11.8 Å². The van der Waals surface area contributed by atoms with Crippen LogP contribution in [0.25, 0.3) is 0 Å². The van der Waals surface area contributed by atoms with Crippen LogP contribution >= 0.6 is 39.1 Å². The average Bonchev–Trinajstić information content (AvgIpc) is 2.76. The minimum atomic E-state index is -0.682. The average molecular weight is 544 g/mol. The Morgan fingerprint density at radius 2 is 1.81 bits per heavy atom. The number of rotatable bonds is 10. The Balaban J connectivity index is 2.18. The van der Waals surface area contributed by atoms with Crippen LogP contribution in [-0.4, -0.2) is 35.9 Å². The second kappa shape index (κ2) is 12.5. The van der Waals surface area contributed by atoms with E-state index in [2.05, 4.69) is 35.1 Å². The van der Waals surface area contributed by atoms with E-state index in [1.807, 2.05) is 25.1 Å². The van der Waals surface area contributed by atoms with Crippen LogP contribution in [0.15, 0.2) is 40.9 Å². The summed E-state index contributed by atoms with van der Waals surface area (Å²) < 4.78 is 6.57. The molecule has 0 fully saturated rings. The van der Waals surface area contributed by atoms with Crippen molar-refractivity contribution in [2.45, 2.75) is 52.6 Å². The summed E-state index contributed by atoms with van der Waals surface area (Å²) in [5, 5.41) is 3.67. The number of hydrogen-bond donors (Lipinski definition) is 1. The van der Waals surface area contributed by atoms with Crippen LogP contribution in [-0.2, 0) is 16.1 Å². The Kier molecular flexibility index (Phi) is 10.3.